The van der Waals surface area contributed by atoms with Gasteiger partial charge in [-0.2, -0.15) is 0 Å². The van der Waals surface area contributed by atoms with Crippen LogP contribution in [0.15, 0.2) is 0 Å². The first-order valence-electron chi connectivity index (χ1n) is 7.28. The molecular weight excluding hydrogens is 276 g/mol. The number of likely N-dealkylation sites (N-methyl/N-ethyl adjacent to an activating group) is 1. The topological polar surface area (TPSA) is 142 Å². The van der Waals surface area contributed by atoms with Crippen LogP contribution in [0, 0.1) is 0 Å². The van der Waals surface area contributed by atoms with Crippen LogP contribution in [-0.4, -0.2) is 59.4 Å². The van der Waals surface area contributed by atoms with Gasteiger partial charge in [-0.15, -0.1) is 0 Å². The Bertz CT molecular complexity index is 315. The molecule has 0 unspecified atom stereocenters. The molecule has 21 heavy (non-hydrogen) atoms. The molecule has 0 saturated carbocycles. The van der Waals surface area contributed by atoms with Crippen molar-refractivity contribution < 1.29 is 19.8 Å². The Hall–Kier alpha value is -1.22. The summed E-state index contributed by atoms with van der Waals surface area (Å²) >= 11 is 0. The van der Waals surface area contributed by atoms with E-state index in [1.54, 1.807) is 7.05 Å². The summed E-state index contributed by atoms with van der Waals surface area (Å²) in [5.41, 5.74) is 13.5. The molecule has 8 nitrogen and oxygen atoms in total. The van der Waals surface area contributed by atoms with Crippen LogP contribution in [0.1, 0.15) is 38.5 Å². The normalized spacial score (nSPS) is 14.1. The second kappa shape index (κ2) is 11.4. The number of nitrogens with two attached hydrogens (primary N) is 2. The highest BCUT2D eigenvalue weighted by Crippen LogP contribution is 2.08. The van der Waals surface area contributed by atoms with Crippen molar-refractivity contribution in [3.8, 4) is 0 Å². The van der Waals surface area contributed by atoms with Gasteiger partial charge in [-0.3, -0.25) is 9.59 Å². The van der Waals surface area contributed by atoms with E-state index in [1.807, 2.05) is 0 Å². The second-order valence-corrected chi connectivity index (χ2v) is 5.05. The Morgan fingerprint density at radius 3 is 1.95 bits per heavy atom. The summed E-state index contributed by atoms with van der Waals surface area (Å²) < 4.78 is 0. The molecule has 0 aliphatic heterocycles. The first kappa shape index (κ1) is 19.8. The minimum atomic E-state index is -0.995. The molecule has 0 aromatic heterocycles. The standard InChI is InChI=1S/C13H28N4O4/c1-17(11(13(20)21)7-3-5-9-15)16-10(12(18)19)6-2-4-8-14/h10-11,16H,2-9,14-15H2,1H3,(H,18,19)(H,20,21)/t10-,11-/m0/s1. The fourth-order valence-corrected chi connectivity index (χ4v) is 2.04. The molecule has 0 aromatic carbocycles. The maximum Gasteiger partial charge on any atom is 0.322 e. The van der Waals surface area contributed by atoms with Gasteiger partial charge in [0, 0.05) is 7.05 Å². The largest absolute Gasteiger partial charge is 0.480 e. The SMILES string of the molecule is CN(N[C@@H](CCCCN)C(=O)O)[C@@H](CCCCN)C(=O)O. The van der Waals surface area contributed by atoms with Crippen LogP contribution < -0.4 is 16.9 Å². The third kappa shape index (κ3) is 8.61. The number of hydrogen-bond acceptors (Lipinski definition) is 6. The Morgan fingerprint density at radius 1 is 1.00 bits per heavy atom. The Morgan fingerprint density at radius 2 is 1.52 bits per heavy atom. The summed E-state index contributed by atoms with van der Waals surface area (Å²) in [6.07, 6.45) is 3.69. The lowest BCUT2D eigenvalue weighted by molar-refractivity contribution is -0.148. The quantitative estimate of drug-likeness (QED) is 0.228. The van der Waals surface area contributed by atoms with Crippen LogP contribution in [-0.2, 0) is 9.59 Å². The summed E-state index contributed by atoms with van der Waals surface area (Å²) in [5.74, 6) is -1.97. The van der Waals surface area contributed by atoms with Gasteiger partial charge < -0.3 is 21.7 Å². The molecule has 0 aliphatic carbocycles. The number of carboxylic acid groups (broad SMARTS) is 2. The number of hydrogen-bond donors (Lipinski definition) is 5. The average Bonchev–Trinajstić information content (AvgIpc) is 2.41. The third-order valence-corrected chi connectivity index (χ3v) is 3.29. The number of aliphatic carboxylic acids is 2. The number of rotatable bonds is 13. The van der Waals surface area contributed by atoms with Crippen molar-refractivity contribution in [2.75, 3.05) is 20.1 Å². The molecule has 0 rings (SSSR count). The predicted molar refractivity (Wildman–Crippen MR) is 79.6 cm³/mol. The van der Waals surface area contributed by atoms with E-state index < -0.39 is 24.0 Å². The zero-order valence-electron chi connectivity index (χ0n) is 12.6. The number of carbonyl (C=O) groups is 2. The summed E-state index contributed by atoms with van der Waals surface area (Å²) in [5, 5.41) is 19.8. The molecule has 0 aromatic rings. The minimum Gasteiger partial charge on any atom is -0.480 e. The van der Waals surface area contributed by atoms with Gasteiger partial charge >= 0.3 is 11.9 Å². The Kier molecular flexibility index (Phi) is 10.8. The number of nitrogens with one attached hydrogen (secondary N) is 1. The fraction of sp³-hybridized carbons (Fsp3) is 0.846. The van der Waals surface area contributed by atoms with Crippen LogP contribution in [0.25, 0.3) is 0 Å². The van der Waals surface area contributed by atoms with Crippen molar-refractivity contribution in [3.63, 3.8) is 0 Å². The molecular formula is C13H28N4O4. The van der Waals surface area contributed by atoms with Crippen LogP contribution in [0.5, 0.6) is 0 Å². The van der Waals surface area contributed by atoms with Crippen molar-refractivity contribution in [1.29, 1.82) is 0 Å². The maximum absolute atomic E-state index is 11.3. The number of nitrogens with zero attached hydrogens (tertiary/aromatic N) is 1. The van der Waals surface area contributed by atoms with Gasteiger partial charge in [-0.25, -0.2) is 10.4 Å². The molecule has 2 atom stereocenters. The Balaban J connectivity index is 4.48. The molecule has 0 aliphatic rings. The minimum absolute atomic E-state index is 0.409. The molecule has 0 amide bonds. The van der Waals surface area contributed by atoms with E-state index in [1.165, 1.54) is 5.01 Å². The second-order valence-electron chi connectivity index (χ2n) is 5.05. The lowest BCUT2D eigenvalue weighted by Gasteiger charge is -2.28. The van der Waals surface area contributed by atoms with Crippen molar-refractivity contribution in [2.45, 2.75) is 50.6 Å². The molecule has 0 radical (unpaired) electrons. The van der Waals surface area contributed by atoms with E-state index in [0.717, 1.165) is 12.8 Å². The highest BCUT2D eigenvalue weighted by Gasteiger charge is 2.26. The Labute approximate surface area is 125 Å². The van der Waals surface area contributed by atoms with E-state index >= 15 is 0 Å². The monoisotopic (exact) mass is 304 g/mol. The molecule has 7 N–H and O–H groups in total. The highest BCUT2D eigenvalue weighted by molar-refractivity contribution is 5.74. The maximum atomic E-state index is 11.3. The van der Waals surface area contributed by atoms with E-state index in [4.69, 9.17) is 11.5 Å². The van der Waals surface area contributed by atoms with Gasteiger partial charge in [0.2, 0.25) is 0 Å². The molecule has 124 valence electrons. The summed E-state index contributed by atoms with van der Waals surface area (Å²) in [7, 11) is 1.56. The van der Waals surface area contributed by atoms with Gasteiger partial charge in [0.15, 0.2) is 0 Å². The number of unbranched alkanes of at least 4 members (excludes halogenated alkanes) is 2. The van der Waals surface area contributed by atoms with Crippen LogP contribution in [0.2, 0.25) is 0 Å². The first-order chi connectivity index (χ1) is 9.93. The third-order valence-electron chi connectivity index (χ3n) is 3.29. The van der Waals surface area contributed by atoms with Gasteiger partial charge in [-0.1, -0.05) is 0 Å². The van der Waals surface area contributed by atoms with Crippen LogP contribution in [0.4, 0.5) is 0 Å². The van der Waals surface area contributed by atoms with E-state index in [2.05, 4.69) is 5.43 Å². The summed E-state index contributed by atoms with van der Waals surface area (Å²) in [6.45, 7) is 1.03. The van der Waals surface area contributed by atoms with Gasteiger partial charge in [0.25, 0.3) is 0 Å². The van der Waals surface area contributed by atoms with E-state index in [0.29, 0.717) is 38.8 Å². The van der Waals surface area contributed by atoms with Crippen LogP contribution >= 0.6 is 0 Å². The molecule has 0 bridgehead atoms. The van der Waals surface area contributed by atoms with Gasteiger partial charge in [-0.05, 0) is 51.6 Å². The molecule has 8 heteroatoms. The number of hydrazine groups is 1. The van der Waals surface area contributed by atoms with Gasteiger partial charge in [0.05, 0.1) is 0 Å². The van der Waals surface area contributed by atoms with E-state index in [-0.39, 0.29) is 0 Å². The molecule has 0 heterocycles. The van der Waals surface area contributed by atoms with E-state index in [9.17, 15) is 19.8 Å². The zero-order valence-corrected chi connectivity index (χ0v) is 12.6. The molecule has 0 spiro atoms. The molecule has 0 saturated heterocycles. The summed E-state index contributed by atoms with van der Waals surface area (Å²) in [6, 6.07) is -1.58. The lowest BCUT2D eigenvalue weighted by Crippen LogP contribution is -2.53. The zero-order chi connectivity index (χ0) is 16.3. The van der Waals surface area contributed by atoms with Crippen molar-refractivity contribution in [2.24, 2.45) is 11.5 Å². The van der Waals surface area contributed by atoms with Gasteiger partial charge in [0.1, 0.15) is 12.1 Å². The average molecular weight is 304 g/mol. The number of carboxylic acids is 2. The van der Waals surface area contributed by atoms with Crippen molar-refractivity contribution in [3.05, 3.63) is 0 Å². The van der Waals surface area contributed by atoms with Crippen LogP contribution in [0.3, 0.4) is 0 Å². The smallest absolute Gasteiger partial charge is 0.322 e. The van der Waals surface area contributed by atoms with Crippen molar-refractivity contribution >= 4 is 11.9 Å². The first-order valence-corrected chi connectivity index (χ1v) is 7.28. The molecule has 0 fully saturated rings. The summed E-state index contributed by atoms with van der Waals surface area (Å²) in [4.78, 5) is 22.5. The highest BCUT2D eigenvalue weighted by atomic mass is 16.4. The lowest BCUT2D eigenvalue weighted by atomic mass is 10.1. The predicted octanol–water partition coefficient (Wildman–Crippen LogP) is -0.413. The fourth-order valence-electron chi connectivity index (χ4n) is 2.04. The van der Waals surface area contributed by atoms with Crippen molar-refractivity contribution in [1.82, 2.24) is 10.4 Å².